The van der Waals surface area contributed by atoms with Crippen molar-refractivity contribution >= 4 is 11.0 Å². The number of hydrogen-bond acceptors (Lipinski definition) is 2. The van der Waals surface area contributed by atoms with E-state index < -0.39 is 28.2 Å². The van der Waals surface area contributed by atoms with Crippen LogP contribution in [0.4, 0.5) is 8.78 Å². The van der Waals surface area contributed by atoms with Gasteiger partial charge in [0.2, 0.25) is 0 Å². The lowest BCUT2D eigenvalue weighted by molar-refractivity contribution is -0.0884. The quantitative estimate of drug-likeness (QED) is 0.759. The van der Waals surface area contributed by atoms with Crippen LogP contribution in [0.5, 0.6) is 0 Å². The van der Waals surface area contributed by atoms with Gasteiger partial charge in [-0.3, -0.25) is 0 Å². The lowest BCUT2D eigenvalue weighted by Crippen LogP contribution is -2.59. The van der Waals surface area contributed by atoms with E-state index in [1.165, 1.54) is 32.0 Å². The van der Waals surface area contributed by atoms with Crippen molar-refractivity contribution in [3.8, 4) is 0 Å². The predicted octanol–water partition coefficient (Wildman–Crippen LogP) is 2.86. The average molecular weight is 319 g/mol. The molecule has 0 radical (unpaired) electrons. The van der Waals surface area contributed by atoms with Gasteiger partial charge >= 0.3 is 0 Å². The van der Waals surface area contributed by atoms with Crippen LogP contribution in [0.3, 0.4) is 0 Å². The van der Waals surface area contributed by atoms with Crippen molar-refractivity contribution in [1.29, 1.82) is 0 Å². The summed E-state index contributed by atoms with van der Waals surface area (Å²) in [7, 11) is -1.58. The molecule has 0 saturated heterocycles. The smallest absolute Gasteiger partial charge is 0.158 e. The van der Waals surface area contributed by atoms with Gasteiger partial charge in [-0.2, -0.15) is 0 Å². The Morgan fingerprint density at radius 1 is 1.38 bits per heavy atom. The van der Waals surface area contributed by atoms with Crippen LogP contribution in [-0.2, 0) is 17.4 Å². The number of rotatable bonds is 7. The fourth-order valence-electron chi connectivity index (χ4n) is 1.73. The normalized spacial score (nSPS) is 20.3. The highest BCUT2D eigenvalue weighted by atomic mass is 32.2. The largest absolute Gasteiger partial charge is 0.372 e. The van der Waals surface area contributed by atoms with E-state index in [0.29, 0.717) is 6.42 Å². The van der Waals surface area contributed by atoms with Crippen LogP contribution in [0.15, 0.2) is 24.3 Å². The molecule has 1 aromatic rings. The summed E-state index contributed by atoms with van der Waals surface area (Å²) in [6, 6.07) is 5.83. The molecule has 0 spiro atoms. The van der Waals surface area contributed by atoms with E-state index in [-0.39, 0.29) is 17.2 Å². The highest BCUT2D eigenvalue weighted by molar-refractivity contribution is 7.83. The van der Waals surface area contributed by atoms with Crippen molar-refractivity contribution in [2.24, 2.45) is 0 Å². The molecule has 0 aliphatic rings. The minimum absolute atomic E-state index is 0.166. The minimum Gasteiger partial charge on any atom is -0.372 e. The molecule has 0 heterocycles. The van der Waals surface area contributed by atoms with Gasteiger partial charge in [-0.25, -0.2) is 17.7 Å². The Morgan fingerprint density at radius 2 is 1.95 bits per heavy atom. The summed E-state index contributed by atoms with van der Waals surface area (Å²) >= 11 is 0. The number of nitrogens with one attached hydrogen (secondary N) is 1. The van der Waals surface area contributed by atoms with Crippen LogP contribution in [0.25, 0.3) is 0 Å². The van der Waals surface area contributed by atoms with Gasteiger partial charge in [0.15, 0.2) is 11.4 Å². The molecule has 1 rings (SSSR count). The second-order valence-electron chi connectivity index (χ2n) is 5.66. The van der Waals surface area contributed by atoms with Crippen molar-refractivity contribution in [3.63, 3.8) is 0 Å². The predicted molar refractivity (Wildman–Crippen MR) is 81.3 cm³/mol. The molecule has 0 aromatic heterocycles. The summed E-state index contributed by atoms with van der Waals surface area (Å²) in [6.07, 6.45) is 0.309. The third-order valence-corrected chi connectivity index (χ3v) is 5.40. The number of halogens is 2. The summed E-state index contributed by atoms with van der Waals surface area (Å²) in [5, 5.41) is 10.1. The van der Waals surface area contributed by atoms with Crippen molar-refractivity contribution < 1.29 is 18.1 Å². The monoisotopic (exact) mass is 319 g/mol. The zero-order chi connectivity index (χ0) is 16.3. The summed E-state index contributed by atoms with van der Waals surface area (Å²) in [4.78, 5) is 0. The van der Waals surface area contributed by atoms with Crippen LogP contribution in [-0.4, -0.2) is 26.0 Å². The standard InChI is InChI=1S/C15H23F2NO2S/c1-5-11(2)21(20)18-15(4,19)14(3,17)10-12-8-6-7-9-13(12)16/h6-9,11,18-19H,5,10H2,1-4H3/t11-,14-,15-,21?/m1/s1. The molecule has 0 amide bonds. The molecule has 1 unspecified atom stereocenters. The second kappa shape index (κ2) is 6.94. The van der Waals surface area contributed by atoms with Crippen LogP contribution in [0.2, 0.25) is 0 Å². The van der Waals surface area contributed by atoms with Crippen molar-refractivity contribution in [1.82, 2.24) is 4.72 Å². The lowest BCUT2D eigenvalue weighted by atomic mass is 9.89. The summed E-state index contributed by atoms with van der Waals surface area (Å²) in [5.74, 6) is -0.528. The van der Waals surface area contributed by atoms with E-state index in [1.54, 1.807) is 13.0 Å². The van der Waals surface area contributed by atoms with Crippen LogP contribution in [0.1, 0.15) is 39.7 Å². The third kappa shape index (κ3) is 4.56. The van der Waals surface area contributed by atoms with Gasteiger partial charge < -0.3 is 5.11 Å². The minimum atomic E-state index is -2.18. The Kier molecular flexibility index (Phi) is 6.01. The maximum absolute atomic E-state index is 14.8. The first-order chi connectivity index (χ1) is 9.60. The molecule has 0 aliphatic carbocycles. The molecule has 0 bridgehead atoms. The Hall–Kier alpha value is -0.850. The number of alkyl halides is 1. The highest BCUT2D eigenvalue weighted by Crippen LogP contribution is 2.30. The van der Waals surface area contributed by atoms with Gasteiger partial charge in [0.25, 0.3) is 0 Å². The maximum Gasteiger partial charge on any atom is 0.158 e. The highest BCUT2D eigenvalue weighted by Gasteiger charge is 2.45. The van der Waals surface area contributed by atoms with E-state index >= 15 is 0 Å². The third-order valence-electron chi connectivity index (χ3n) is 3.73. The molecule has 0 saturated carbocycles. The molecule has 6 heteroatoms. The van der Waals surface area contributed by atoms with E-state index in [4.69, 9.17) is 0 Å². The van der Waals surface area contributed by atoms with Gasteiger partial charge in [0, 0.05) is 11.7 Å². The fraction of sp³-hybridized carbons (Fsp3) is 0.600. The zero-order valence-corrected chi connectivity index (χ0v) is 13.6. The number of hydrogen-bond donors (Lipinski definition) is 2. The topological polar surface area (TPSA) is 49.3 Å². The molecule has 21 heavy (non-hydrogen) atoms. The summed E-state index contributed by atoms with van der Waals surface area (Å²) in [5.41, 5.74) is -4.05. The summed E-state index contributed by atoms with van der Waals surface area (Å²) in [6.45, 7) is 5.98. The molecule has 2 N–H and O–H groups in total. The first kappa shape index (κ1) is 18.2. The van der Waals surface area contributed by atoms with E-state index in [1.807, 2.05) is 6.92 Å². The molecule has 1 aromatic carbocycles. The molecule has 0 fully saturated rings. The second-order valence-corrected chi connectivity index (χ2v) is 7.26. The van der Waals surface area contributed by atoms with E-state index in [0.717, 1.165) is 0 Å². The van der Waals surface area contributed by atoms with Crippen molar-refractivity contribution in [3.05, 3.63) is 35.6 Å². The SMILES string of the molecule is CC[C@@H](C)S(=O)N[C@](C)(O)[C@](C)(F)Cc1ccccc1F. The van der Waals surface area contributed by atoms with Crippen LogP contribution in [0, 0.1) is 5.82 Å². The number of benzene rings is 1. The molecule has 0 aliphatic heterocycles. The van der Waals surface area contributed by atoms with Gasteiger partial charge in [0.05, 0.1) is 11.0 Å². The fourth-order valence-corrected chi connectivity index (χ4v) is 2.83. The van der Waals surface area contributed by atoms with Gasteiger partial charge in [-0.05, 0) is 38.8 Å². The lowest BCUT2D eigenvalue weighted by Gasteiger charge is -2.37. The van der Waals surface area contributed by atoms with E-state index in [9.17, 15) is 18.1 Å². The van der Waals surface area contributed by atoms with Gasteiger partial charge in [0.1, 0.15) is 5.82 Å². The molecular weight excluding hydrogens is 296 g/mol. The van der Waals surface area contributed by atoms with Crippen molar-refractivity contribution in [2.75, 3.05) is 0 Å². The molecular formula is C15H23F2NO2S. The first-order valence-electron chi connectivity index (χ1n) is 6.94. The average Bonchev–Trinajstić information content (AvgIpc) is 2.39. The Labute approximate surface area is 127 Å². The molecule has 120 valence electrons. The van der Waals surface area contributed by atoms with Gasteiger partial charge in [-0.1, -0.05) is 25.1 Å². The van der Waals surface area contributed by atoms with Crippen LogP contribution < -0.4 is 4.72 Å². The van der Waals surface area contributed by atoms with Crippen molar-refractivity contribution in [2.45, 2.75) is 57.2 Å². The van der Waals surface area contributed by atoms with Crippen LogP contribution >= 0.6 is 0 Å². The van der Waals surface area contributed by atoms with Gasteiger partial charge in [-0.15, -0.1) is 0 Å². The Morgan fingerprint density at radius 3 is 2.48 bits per heavy atom. The molecule has 4 atom stereocenters. The Bertz CT molecular complexity index is 506. The zero-order valence-electron chi connectivity index (χ0n) is 12.8. The maximum atomic E-state index is 14.8. The first-order valence-corrected chi connectivity index (χ1v) is 8.15. The summed E-state index contributed by atoms with van der Waals surface area (Å²) < 4.78 is 42.8. The number of aliphatic hydroxyl groups is 1. The van der Waals surface area contributed by atoms with E-state index in [2.05, 4.69) is 4.72 Å². The Balaban J connectivity index is 2.89. The molecule has 3 nitrogen and oxygen atoms in total.